The number of rotatable bonds is 8. The van der Waals surface area contributed by atoms with Crippen molar-refractivity contribution in [1.29, 1.82) is 0 Å². The summed E-state index contributed by atoms with van der Waals surface area (Å²) < 4.78 is 84.5. The van der Waals surface area contributed by atoms with E-state index in [9.17, 15) is 39.9 Å². The van der Waals surface area contributed by atoms with Crippen molar-refractivity contribution >= 4 is 26.0 Å². The Morgan fingerprint density at radius 1 is 0.969 bits per heavy atom. The fraction of sp³-hybridized carbons (Fsp3) is 0.947. The van der Waals surface area contributed by atoms with Gasteiger partial charge in [0.1, 0.15) is 6.23 Å². The molecule has 1 amide bonds. The topological polar surface area (TPSA) is 130 Å². The largest absolute Gasteiger partial charge is 0.511 e. The molecule has 0 aromatic carbocycles. The normalized spacial score (nSPS) is 17.8. The summed E-state index contributed by atoms with van der Waals surface area (Å²) >= 11 is 0. The van der Waals surface area contributed by atoms with Crippen LogP contribution in [-0.4, -0.2) is 44.8 Å². The van der Waals surface area contributed by atoms with Gasteiger partial charge in [0.15, 0.2) is 0 Å². The van der Waals surface area contributed by atoms with Crippen molar-refractivity contribution in [3.8, 4) is 0 Å². The Morgan fingerprint density at radius 3 is 1.81 bits per heavy atom. The second-order valence-electron chi connectivity index (χ2n) is 9.29. The first-order chi connectivity index (χ1) is 14.2. The highest BCUT2D eigenvalue weighted by molar-refractivity contribution is 7.90. The Kier molecular flexibility index (Phi) is 11.1. The van der Waals surface area contributed by atoms with E-state index in [0.29, 0.717) is 25.7 Å². The monoisotopic (exact) mass is 510 g/mol. The van der Waals surface area contributed by atoms with E-state index in [1.165, 1.54) is 18.6 Å². The highest BCUT2D eigenvalue weighted by atomic mass is 32.2. The average molecular weight is 511 g/mol. The first-order valence-electron chi connectivity index (χ1n) is 10.6. The van der Waals surface area contributed by atoms with Crippen LogP contribution in [0.1, 0.15) is 86.5 Å². The van der Waals surface area contributed by atoms with E-state index in [4.69, 9.17) is 0 Å². The molecule has 1 rings (SSSR count). The molecule has 8 nitrogen and oxygen atoms in total. The number of halogens is 3. The summed E-state index contributed by atoms with van der Waals surface area (Å²) in [7, 11) is -8.97. The van der Waals surface area contributed by atoms with Gasteiger partial charge in [-0.1, -0.05) is 60.8 Å². The van der Waals surface area contributed by atoms with Gasteiger partial charge in [0.05, 0.1) is 5.25 Å². The van der Waals surface area contributed by atoms with Gasteiger partial charge in [-0.25, -0.2) is 16.8 Å². The predicted octanol–water partition coefficient (Wildman–Crippen LogP) is 3.38. The summed E-state index contributed by atoms with van der Waals surface area (Å²) in [5, 5.41) is 8.90. The molecule has 1 aliphatic carbocycles. The third-order valence-corrected chi connectivity index (χ3v) is 8.91. The van der Waals surface area contributed by atoms with E-state index < -0.39 is 42.6 Å². The van der Waals surface area contributed by atoms with Crippen LogP contribution in [-0.2, 0) is 24.8 Å². The van der Waals surface area contributed by atoms with Gasteiger partial charge in [-0.05, 0) is 25.7 Å². The van der Waals surface area contributed by atoms with Crippen molar-refractivity contribution in [2.45, 2.75) is 103 Å². The van der Waals surface area contributed by atoms with E-state index in [2.05, 4.69) is 4.72 Å². The molecule has 1 atom stereocenters. The standard InChI is InChI=1S/C12H23NO3S.C7H14F3NO3S/c1-4-12(2,3)11(14)13-17(15,16)10-8-6-5-7-9-10;1-4-6(2,3)5(12)11-15(13,14)7(8,9)10/h10H,4-9H2,1-3H3,(H,13,14);5,11-12H,4H2,1-3H3/t;5-/m.1/s1. The molecule has 0 aliphatic heterocycles. The summed E-state index contributed by atoms with van der Waals surface area (Å²) in [6.07, 6.45) is 3.51. The smallest absolute Gasteiger partial charge is 0.377 e. The molecule has 0 saturated heterocycles. The third-order valence-electron chi connectivity index (χ3n) is 5.95. The van der Waals surface area contributed by atoms with Gasteiger partial charge in [-0.2, -0.15) is 17.9 Å². The van der Waals surface area contributed by atoms with Gasteiger partial charge in [0.2, 0.25) is 15.9 Å². The van der Waals surface area contributed by atoms with Crippen molar-refractivity contribution in [1.82, 2.24) is 9.44 Å². The minimum atomic E-state index is -5.49. The zero-order chi connectivity index (χ0) is 25.6. The van der Waals surface area contributed by atoms with Crippen molar-refractivity contribution in [2.75, 3.05) is 0 Å². The molecule has 192 valence electrons. The SMILES string of the molecule is CCC(C)(C)C(=O)NS(=O)(=O)C1CCCCC1.CCC(C)(C)[C@@H](O)NS(=O)(=O)C(F)(F)F. The lowest BCUT2D eigenvalue weighted by molar-refractivity contribution is -0.127. The van der Waals surface area contributed by atoms with Crippen LogP contribution in [0.4, 0.5) is 13.2 Å². The van der Waals surface area contributed by atoms with Gasteiger partial charge < -0.3 is 5.11 Å². The van der Waals surface area contributed by atoms with Crippen LogP contribution in [0.15, 0.2) is 0 Å². The molecule has 32 heavy (non-hydrogen) atoms. The van der Waals surface area contributed by atoms with Crippen LogP contribution >= 0.6 is 0 Å². The van der Waals surface area contributed by atoms with Crippen LogP contribution < -0.4 is 9.44 Å². The first-order valence-corrected chi connectivity index (χ1v) is 13.6. The van der Waals surface area contributed by atoms with Gasteiger partial charge in [0, 0.05) is 10.8 Å². The lowest BCUT2D eigenvalue weighted by Crippen LogP contribution is -2.49. The van der Waals surface area contributed by atoms with Gasteiger partial charge >= 0.3 is 15.5 Å². The maximum Gasteiger partial charge on any atom is 0.511 e. The molecule has 0 unspecified atom stereocenters. The van der Waals surface area contributed by atoms with Crippen LogP contribution in [0.2, 0.25) is 0 Å². The maximum atomic E-state index is 12.0. The summed E-state index contributed by atoms with van der Waals surface area (Å²) in [4.78, 5) is 11.9. The van der Waals surface area contributed by atoms with Gasteiger partial charge in [-0.15, -0.1) is 0 Å². The molecule has 0 heterocycles. The number of amides is 1. The Balaban J connectivity index is 0.000000607. The van der Waals surface area contributed by atoms with Crippen LogP contribution in [0.25, 0.3) is 0 Å². The molecule has 3 N–H and O–H groups in total. The molecule has 0 aromatic heterocycles. The molecular weight excluding hydrogens is 473 g/mol. The van der Waals surface area contributed by atoms with Gasteiger partial charge in [-0.3, -0.25) is 9.52 Å². The van der Waals surface area contributed by atoms with Crippen molar-refractivity contribution < 1.29 is 39.9 Å². The number of carbonyl (C=O) groups excluding carboxylic acids is 1. The van der Waals surface area contributed by atoms with Gasteiger partial charge in [0.25, 0.3) is 0 Å². The fourth-order valence-corrected chi connectivity index (χ4v) is 4.86. The van der Waals surface area contributed by atoms with Crippen molar-refractivity contribution in [3.63, 3.8) is 0 Å². The van der Waals surface area contributed by atoms with Crippen molar-refractivity contribution in [2.24, 2.45) is 10.8 Å². The fourth-order valence-electron chi connectivity index (χ4n) is 2.45. The molecular formula is C19H37F3N2O6S2. The first kappa shape index (κ1) is 31.1. The Hall–Kier alpha value is -0.920. The van der Waals surface area contributed by atoms with Crippen LogP contribution in [0.3, 0.4) is 0 Å². The van der Waals surface area contributed by atoms with E-state index >= 15 is 0 Å². The molecule has 1 saturated carbocycles. The van der Waals surface area contributed by atoms with E-state index in [1.807, 2.05) is 6.92 Å². The van der Waals surface area contributed by atoms with E-state index in [0.717, 1.165) is 19.3 Å². The number of aliphatic hydroxyl groups excluding tert-OH is 1. The molecule has 1 aliphatic rings. The second kappa shape index (κ2) is 11.5. The van der Waals surface area contributed by atoms with Crippen LogP contribution in [0.5, 0.6) is 0 Å². The number of alkyl halides is 3. The van der Waals surface area contributed by atoms with Crippen molar-refractivity contribution in [3.05, 3.63) is 0 Å². The molecule has 0 spiro atoms. The van der Waals surface area contributed by atoms with E-state index in [-0.39, 0.29) is 11.2 Å². The summed E-state index contributed by atoms with van der Waals surface area (Å²) in [6.45, 7) is 9.95. The zero-order valence-electron chi connectivity index (χ0n) is 19.5. The number of carbonyl (C=O) groups is 1. The van der Waals surface area contributed by atoms with Crippen LogP contribution in [0, 0.1) is 10.8 Å². The number of hydrogen-bond acceptors (Lipinski definition) is 6. The zero-order valence-corrected chi connectivity index (χ0v) is 21.2. The third kappa shape index (κ3) is 9.14. The molecule has 0 bridgehead atoms. The predicted molar refractivity (Wildman–Crippen MR) is 116 cm³/mol. The number of sulfonamides is 2. The summed E-state index contributed by atoms with van der Waals surface area (Å²) in [6, 6.07) is 0. The Morgan fingerprint density at radius 2 is 1.44 bits per heavy atom. The molecule has 13 heteroatoms. The Labute approximate surface area is 189 Å². The Bertz CT molecular complexity index is 818. The minimum Gasteiger partial charge on any atom is -0.377 e. The summed E-state index contributed by atoms with van der Waals surface area (Å²) in [5.41, 5.74) is -6.99. The second-order valence-corrected chi connectivity index (χ2v) is 13.0. The quantitative estimate of drug-likeness (QED) is 0.429. The molecule has 0 aromatic rings. The van der Waals surface area contributed by atoms with E-state index in [1.54, 1.807) is 20.8 Å². The molecule has 0 radical (unpaired) electrons. The lowest BCUT2D eigenvalue weighted by atomic mass is 9.89. The average Bonchev–Trinajstić information content (AvgIpc) is 2.67. The highest BCUT2D eigenvalue weighted by Gasteiger charge is 2.48. The number of hydrogen-bond donors (Lipinski definition) is 3. The highest BCUT2D eigenvalue weighted by Crippen LogP contribution is 2.28. The summed E-state index contributed by atoms with van der Waals surface area (Å²) in [5.74, 6) is -0.384. The molecule has 1 fully saturated rings. The maximum absolute atomic E-state index is 12.0. The number of aliphatic hydroxyl groups is 1. The lowest BCUT2D eigenvalue weighted by Gasteiger charge is -2.29. The minimum absolute atomic E-state index is 0.328. The number of nitrogens with one attached hydrogen (secondary N) is 2.